The van der Waals surface area contributed by atoms with Crippen molar-refractivity contribution in [1.29, 1.82) is 0 Å². The Kier molecular flexibility index (Phi) is 7.10. The number of aliphatic hydroxyl groups is 1. The first kappa shape index (κ1) is 22.2. The molecule has 0 amide bonds. The lowest BCUT2D eigenvalue weighted by atomic mass is 10.0. The minimum Gasteiger partial charge on any atom is -0.487 e. The fourth-order valence-corrected chi connectivity index (χ4v) is 5.15. The van der Waals surface area contributed by atoms with Crippen LogP contribution in [0.2, 0.25) is 0 Å². The van der Waals surface area contributed by atoms with Gasteiger partial charge >= 0.3 is 0 Å². The zero-order valence-electron chi connectivity index (χ0n) is 17.4. The van der Waals surface area contributed by atoms with Crippen LogP contribution in [0.5, 0.6) is 5.75 Å². The van der Waals surface area contributed by atoms with Crippen LogP contribution < -0.4 is 10.1 Å². The number of aromatic nitrogens is 1. The first-order valence-electron chi connectivity index (χ1n) is 9.87. The Morgan fingerprint density at radius 3 is 2.63 bits per heavy atom. The summed E-state index contributed by atoms with van der Waals surface area (Å²) in [7, 11) is -2.01. The molecule has 2 heterocycles. The number of rotatable bonds is 4. The predicted molar refractivity (Wildman–Crippen MR) is 115 cm³/mol. The van der Waals surface area contributed by atoms with Gasteiger partial charge in [0.2, 0.25) is 10.0 Å². The molecule has 1 aromatic heterocycles. The summed E-state index contributed by atoms with van der Waals surface area (Å²) in [5.41, 5.74) is 1.47. The fraction of sp³-hybridized carbons (Fsp3) is 0.409. The van der Waals surface area contributed by atoms with Crippen molar-refractivity contribution in [3.63, 3.8) is 0 Å². The number of benzene rings is 1. The average Bonchev–Trinajstić information content (AvgIpc) is 2.75. The number of nitrogens with zero attached hydrogens (tertiary/aromatic N) is 2. The molecular weight excluding hydrogens is 402 g/mol. The van der Waals surface area contributed by atoms with Gasteiger partial charge in [0, 0.05) is 48.6 Å². The Bertz CT molecular complexity index is 1030. The summed E-state index contributed by atoms with van der Waals surface area (Å²) in [5, 5.41) is 12.7. The van der Waals surface area contributed by atoms with E-state index in [0.717, 1.165) is 5.56 Å². The second kappa shape index (κ2) is 9.58. The molecule has 0 saturated heterocycles. The topological polar surface area (TPSA) is 91.8 Å². The molecule has 30 heavy (non-hydrogen) atoms. The lowest BCUT2D eigenvalue weighted by molar-refractivity contribution is 0.103. The summed E-state index contributed by atoms with van der Waals surface area (Å²) >= 11 is 0. The predicted octanol–water partition coefficient (Wildman–Crippen LogP) is 1.47. The Balaban J connectivity index is 2.07. The van der Waals surface area contributed by atoms with Gasteiger partial charge in [0.1, 0.15) is 16.7 Å². The molecule has 0 aliphatic carbocycles. The van der Waals surface area contributed by atoms with Crippen LogP contribution in [0.4, 0.5) is 0 Å². The van der Waals surface area contributed by atoms with Crippen molar-refractivity contribution in [2.45, 2.75) is 30.9 Å². The monoisotopic (exact) mass is 429 g/mol. The van der Waals surface area contributed by atoms with Crippen molar-refractivity contribution in [2.75, 3.05) is 26.7 Å². The van der Waals surface area contributed by atoms with Gasteiger partial charge in [-0.15, -0.1) is 0 Å². The van der Waals surface area contributed by atoms with Gasteiger partial charge in [0.25, 0.3) is 0 Å². The van der Waals surface area contributed by atoms with Crippen molar-refractivity contribution in [1.82, 2.24) is 14.6 Å². The van der Waals surface area contributed by atoms with Crippen molar-refractivity contribution >= 4 is 10.0 Å². The SMILES string of the molecule is CNC[C@H]1Oc2cc(C#Cc3ccncc3)ccc2S(=O)(=O)N([C@@H](C)CO)C[C@H]1C. The Labute approximate surface area is 178 Å². The summed E-state index contributed by atoms with van der Waals surface area (Å²) in [5.74, 6) is 6.30. The molecule has 2 aromatic rings. The summed E-state index contributed by atoms with van der Waals surface area (Å²) < 4.78 is 34.2. The first-order chi connectivity index (χ1) is 14.4. The number of sulfonamides is 1. The van der Waals surface area contributed by atoms with Gasteiger partial charge in [-0.3, -0.25) is 4.98 Å². The third kappa shape index (κ3) is 4.82. The van der Waals surface area contributed by atoms with Crippen LogP contribution in [0.3, 0.4) is 0 Å². The highest BCUT2D eigenvalue weighted by Gasteiger charge is 2.37. The van der Waals surface area contributed by atoms with E-state index in [9.17, 15) is 13.5 Å². The highest BCUT2D eigenvalue weighted by atomic mass is 32.2. The molecule has 1 aliphatic rings. The fourth-order valence-electron chi connectivity index (χ4n) is 3.33. The lowest BCUT2D eigenvalue weighted by Gasteiger charge is -2.36. The largest absolute Gasteiger partial charge is 0.487 e. The van der Waals surface area contributed by atoms with E-state index in [0.29, 0.717) is 12.1 Å². The number of fused-ring (bicyclic) bond motifs is 1. The van der Waals surface area contributed by atoms with E-state index in [1.165, 1.54) is 10.4 Å². The van der Waals surface area contributed by atoms with Crippen LogP contribution in [-0.4, -0.2) is 61.7 Å². The standard InChI is InChI=1S/C22H27N3O4S/c1-16-14-25(17(2)15-26)30(27,28)22-7-6-19(5-4-18-8-10-24-11-9-18)12-20(22)29-21(16)13-23-3/h6-12,16-17,21,23,26H,13-15H2,1-3H3/t16-,17+,21-/m1/s1. The van der Waals surface area contributed by atoms with Gasteiger partial charge in [0.05, 0.1) is 6.61 Å². The maximum Gasteiger partial charge on any atom is 0.247 e. The number of likely N-dealkylation sites (N-methyl/N-ethyl adjacent to an activating group) is 1. The van der Waals surface area contributed by atoms with Crippen molar-refractivity contribution in [2.24, 2.45) is 5.92 Å². The van der Waals surface area contributed by atoms with Crippen LogP contribution in [0, 0.1) is 17.8 Å². The summed E-state index contributed by atoms with van der Waals surface area (Å²) in [6.45, 7) is 4.23. The van der Waals surface area contributed by atoms with E-state index in [4.69, 9.17) is 4.74 Å². The van der Waals surface area contributed by atoms with Crippen LogP contribution in [0.25, 0.3) is 0 Å². The molecule has 1 aliphatic heterocycles. The van der Waals surface area contributed by atoms with Crippen LogP contribution in [0.1, 0.15) is 25.0 Å². The number of hydrogen-bond acceptors (Lipinski definition) is 6. The second-order valence-corrected chi connectivity index (χ2v) is 9.30. The van der Waals surface area contributed by atoms with E-state index in [1.54, 1.807) is 43.6 Å². The zero-order valence-corrected chi connectivity index (χ0v) is 18.2. The number of ether oxygens (including phenoxy) is 1. The molecule has 3 rings (SSSR count). The lowest BCUT2D eigenvalue weighted by Crippen LogP contribution is -2.49. The molecule has 0 spiro atoms. The molecule has 8 heteroatoms. The molecule has 0 bridgehead atoms. The van der Waals surface area contributed by atoms with Gasteiger partial charge in [-0.1, -0.05) is 18.8 Å². The number of pyridine rings is 1. The van der Waals surface area contributed by atoms with Crippen molar-refractivity contribution < 1.29 is 18.3 Å². The van der Waals surface area contributed by atoms with E-state index in [1.807, 2.05) is 14.0 Å². The first-order valence-corrected chi connectivity index (χ1v) is 11.3. The quantitative estimate of drug-likeness (QED) is 0.716. The molecule has 1 aromatic carbocycles. The van der Waals surface area contributed by atoms with E-state index in [-0.39, 0.29) is 35.8 Å². The maximum atomic E-state index is 13.4. The third-order valence-corrected chi connectivity index (χ3v) is 7.12. The summed E-state index contributed by atoms with van der Waals surface area (Å²) in [6, 6.07) is 7.95. The Morgan fingerprint density at radius 1 is 1.27 bits per heavy atom. The van der Waals surface area contributed by atoms with E-state index < -0.39 is 16.1 Å². The second-order valence-electron chi connectivity index (χ2n) is 7.44. The Morgan fingerprint density at radius 2 is 1.97 bits per heavy atom. The van der Waals surface area contributed by atoms with E-state index >= 15 is 0 Å². The minimum atomic E-state index is -3.84. The normalized spacial score (nSPS) is 21.9. The molecule has 0 unspecified atom stereocenters. The molecule has 3 atom stereocenters. The molecule has 2 N–H and O–H groups in total. The van der Waals surface area contributed by atoms with Gasteiger partial charge in [-0.05, 0) is 44.3 Å². The Hall–Kier alpha value is -2.44. The van der Waals surface area contributed by atoms with Crippen molar-refractivity contribution in [3.05, 3.63) is 53.9 Å². The van der Waals surface area contributed by atoms with Gasteiger partial charge in [0.15, 0.2) is 0 Å². The third-order valence-electron chi connectivity index (χ3n) is 5.10. The number of hydrogen-bond donors (Lipinski definition) is 2. The highest BCUT2D eigenvalue weighted by molar-refractivity contribution is 7.89. The number of aliphatic hydroxyl groups excluding tert-OH is 1. The molecular formula is C22H27N3O4S. The average molecular weight is 430 g/mol. The number of nitrogens with one attached hydrogen (secondary N) is 1. The molecule has 0 saturated carbocycles. The zero-order chi connectivity index (χ0) is 21.7. The molecule has 7 nitrogen and oxygen atoms in total. The van der Waals surface area contributed by atoms with Gasteiger partial charge in [-0.25, -0.2) is 8.42 Å². The maximum absolute atomic E-state index is 13.4. The molecule has 0 fully saturated rings. The molecule has 0 radical (unpaired) electrons. The smallest absolute Gasteiger partial charge is 0.247 e. The van der Waals surface area contributed by atoms with Crippen LogP contribution in [-0.2, 0) is 10.0 Å². The van der Waals surface area contributed by atoms with Crippen molar-refractivity contribution in [3.8, 4) is 17.6 Å². The van der Waals surface area contributed by atoms with Gasteiger partial charge < -0.3 is 15.2 Å². The summed E-state index contributed by atoms with van der Waals surface area (Å²) in [4.78, 5) is 4.06. The highest BCUT2D eigenvalue weighted by Crippen LogP contribution is 2.33. The van der Waals surface area contributed by atoms with Gasteiger partial charge in [-0.2, -0.15) is 4.31 Å². The van der Waals surface area contributed by atoms with E-state index in [2.05, 4.69) is 22.1 Å². The molecule has 160 valence electrons. The summed E-state index contributed by atoms with van der Waals surface area (Å²) in [6.07, 6.45) is 3.10. The minimum absolute atomic E-state index is 0.0825. The van der Waals surface area contributed by atoms with Crippen LogP contribution >= 0.6 is 0 Å². The van der Waals surface area contributed by atoms with Crippen LogP contribution in [0.15, 0.2) is 47.6 Å².